The molecule has 0 unspecified atom stereocenters. The van der Waals surface area contributed by atoms with Crippen molar-refractivity contribution in [2.45, 2.75) is 12.8 Å². The van der Waals surface area contributed by atoms with E-state index in [0.29, 0.717) is 24.4 Å². The van der Waals surface area contributed by atoms with Gasteiger partial charge in [-0.25, -0.2) is 8.42 Å². The third-order valence-electron chi connectivity index (χ3n) is 4.21. The normalized spacial score (nSPS) is 11.0. The van der Waals surface area contributed by atoms with Crippen molar-refractivity contribution in [3.05, 3.63) is 53.1 Å². The van der Waals surface area contributed by atoms with Gasteiger partial charge in [-0.3, -0.25) is 9.10 Å². The molecule has 9 heteroatoms. The third-order valence-corrected chi connectivity index (χ3v) is 5.65. The minimum atomic E-state index is -3.67. The molecule has 0 aromatic heterocycles. The summed E-state index contributed by atoms with van der Waals surface area (Å²) < 4.78 is 35.6. The smallest absolute Gasteiger partial charge is 0.240 e. The fourth-order valence-corrected chi connectivity index (χ4v) is 3.85. The number of anilines is 1. The highest BCUT2D eigenvalue weighted by Gasteiger charge is 2.21. The van der Waals surface area contributed by atoms with Crippen LogP contribution in [0.25, 0.3) is 0 Å². The lowest BCUT2D eigenvalue weighted by Crippen LogP contribution is -2.40. The predicted molar refractivity (Wildman–Crippen MR) is 115 cm³/mol. The largest absolute Gasteiger partial charge is 0.497 e. The topological polar surface area (TPSA) is 84.9 Å². The van der Waals surface area contributed by atoms with Crippen molar-refractivity contribution in [2.24, 2.45) is 0 Å². The summed E-state index contributed by atoms with van der Waals surface area (Å²) in [7, 11) is -0.591. The van der Waals surface area contributed by atoms with Crippen molar-refractivity contribution in [1.82, 2.24) is 5.32 Å². The molecule has 0 radical (unpaired) electrons. The van der Waals surface area contributed by atoms with Crippen LogP contribution in [0, 0.1) is 0 Å². The van der Waals surface area contributed by atoms with Crippen LogP contribution >= 0.6 is 11.6 Å². The number of benzene rings is 2. The van der Waals surface area contributed by atoms with Crippen LogP contribution in [0.2, 0.25) is 5.02 Å². The van der Waals surface area contributed by atoms with E-state index in [-0.39, 0.29) is 11.6 Å². The zero-order valence-electron chi connectivity index (χ0n) is 16.6. The average molecular weight is 441 g/mol. The molecule has 0 heterocycles. The molecule has 0 spiro atoms. The number of ether oxygens (including phenoxy) is 2. The van der Waals surface area contributed by atoms with Crippen LogP contribution in [-0.4, -0.2) is 47.9 Å². The van der Waals surface area contributed by atoms with Gasteiger partial charge < -0.3 is 14.8 Å². The van der Waals surface area contributed by atoms with Gasteiger partial charge in [-0.1, -0.05) is 23.7 Å². The first-order valence-electron chi connectivity index (χ1n) is 8.95. The molecule has 1 N–H and O–H groups in total. The van der Waals surface area contributed by atoms with Crippen molar-refractivity contribution in [3.8, 4) is 11.5 Å². The summed E-state index contributed by atoms with van der Waals surface area (Å²) in [5, 5.41) is 3.02. The molecule has 29 heavy (non-hydrogen) atoms. The van der Waals surface area contributed by atoms with Gasteiger partial charge in [-0.05, 0) is 48.7 Å². The van der Waals surface area contributed by atoms with E-state index in [1.165, 1.54) is 13.2 Å². The van der Waals surface area contributed by atoms with Gasteiger partial charge >= 0.3 is 0 Å². The lowest BCUT2D eigenvalue weighted by Gasteiger charge is -2.22. The van der Waals surface area contributed by atoms with Crippen molar-refractivity contribution in [3.63, 3.8) is 0 Å². The standard InChI is InChI=1S/C20H25ClN2O5S/c1-27-17-8-4-6-15(12-17)7-5-11-22-20(24)14-23(29(3,25)26)16-9-10-19(28-2)18(21)13-16/h4,6,8-10,12-13H,5,7,11,14H2,1-3H3,(H,22,24). The molecule has 0 atom stereocenters. The number of rotatable bonds is 10. The highest BCUT2D eigenvalue weighted by atomic mass is 35.5. The minimum Gasteiger partial charge on any atom is -0.497 e. The van der Waals surface area contributed by atoms with Crippen molar-refractivity contribution in [1.29, 1.82) is 0 Å². The minimum absolute atomic E-state index is 0.261. The maximum Gasteiger partial charge on any atom is 0.240 e. The summed E-state index contributed by atoms with van der Waals surface area (Å²) in [6.07, 6.45) is 2.52. The Morgan fingerprint density at radius 1 is 1.14 bits per heavy atom. The molecular weight excluding hydrogens is 416 g/mol. The van der Waals surface area contributed by atoms with Crippen LogP contribution in [0.4, 0.5) is 5.69 Å². The Morgan fingerprint density at radius 3 is 2.52 bits per heavy atom. The molecule has 2 aromatic carbocycles. The molecule has 0 fully saturated rings. The molecule has 0 saturated heterocycles. The second-order valence-electron chi connectivity index (χ2n) is 6.39. The highest BCUT2D eigenvalue weighted by Crippen LogP contribution is 2.30. The number of methoxy groups -OCH3 is 2. The van der Waals surface area contributed by atoms with Crippen LogP contribution in [0.1, 0.15) is 12.0 Å². The first-order valence-corrected chi connectivity index (χ1v) is 11.2. The van der Waals surface area contributed by atoms with Gasteiger partial charge in [0.1, 0.15) is 18.0 Å². The molecule has 7 nitrogen and oxygen atoms in total. The summed E-state index contributed by atoms with van der Waals surface area (Å²) in [5.41, 5.74) is 1.40. The molecule has 1 amide bonds. The van der Waals surface area contributed by atoms with Crippen molar-refractivity contribution >= 4 is 33.2 Å². The Hall–Kier alpha value is -2.45. The Labute approximate surface area is 176 Å². The molecule has 0 aliphatic carbocycles. The lowest BCUT2D eigenvalue weighted by molar-refractivity contribution is -0.119. The van der Waals surface area contributed by atoms with Gasteiger partial charge in [0.15, 0.2) is 0 Å². The van der Waals surface area contributed by atoms with Gasteiger partial charge in [0.2, 0.25) is 15.9 Å². The number of halogens is 1. The summed E-state index contributed by atoms with van der Waals surface area (Å²) in [5.74, 6) is 0.812. The quantitative estimate of drug-likeness (QED) is 0.574. The van der Waals surface area contributed by atoms with E-state index in [4.69, 9.17) is 21.1 Å². The van der Waals surface area contributed by atoms with Crippen LogP contribution in [0.15, 0.2) is 42.5 Å². The summed E-state index contributed by atoms with van der Waals surface area (Å²) in [6, 6.07) is 12.3. The van der Waals surface area contributed by atoms with Gasteiger partial charge in [-0.2, -0.15) is 0 Å². The fourth-order valence-electron chi connectivity index (χ4n) is 2.75. The molecule has 0 aliphatic heterocycles. The van der Waals surface area contributed by atoms with E-state index < -0.39 is 15.9 Å². The molecule has 158 valence electrons. The number of hydrogen-bond acceptors (Lipinski definition) is 5. The van der Waals surface area contributed by atoms with Crippen LogP contribution < -0.4 is 19.1 Å². The predicted octanol–water partition coefficient (Wildman–Crippen LogP) is 2.87. The first kappa shape index (κ1) is 22.8. The number of nitrogens with zero attached hydrogens (tertiary/aromatic N) is 1. The number of carbonyl (C=O) groups excluding carboxylic acids is 1. The summed E-state index contributed by atoms with van der Waals surface area (Å²) in [6.45, 7) is 0.0949. The fraction of sp³-hybridized carbons (Fsp3) is 0.350. The zero-order chi connectivity index (χ0) is 21.4. The number of hydrogen-bond donors (Lipinski definition) is 1. The third kappa shape index (κ3) is 6.83. The molecule has 2 aromatic rings. The van der Waals surface area contributed by atoms with Gasteiger partial charge in [0, 0.05) is 6.54 Å². The van der Waals surface area contributed by atoms with E-state index in [1.807, 2.05) is 24.3 Å². The van der Waals surface area contributed by atoms with E-state index in [1.54, 1.807) is 19.2 Å². The lowest BCUT2D eigenvalue weighted by atomic mass is 10.1. The second-order valence-corrected chi connectivity index (χ2v) is 8.71. The number of carbonyl (C=O) groups is 1. The molecule has 2 rings (SSSR count). The Kier molecular flexibility index (Phi) is 8.16. The molecule has 0 aliphatic rings. The van der Waals surface area contributed by atoms with E-state index in [9.17, 15) is 13.2 Å². The van der Waals surface area contributed by atoms with E-state index >= 15 is 0 Å². The highest BCUT2D eigenvalue weighted by molar-refractivity contribution is 7.92. The maximum atomic E-state index is 12.3. The van der Waals surface area contributed by atoms with Gasteiger partial charge in [0.25, 0.3) is 0 Å². The number of sulfonamides is 1. The Balaban J connectivity index is 1.94. The zero-order valence-corrected chi connectivity index (χ0v) is 18.2. The van der Waals surface area contributed by atoms with Gasteiger partial charge in [0.05, 0.1) is 31.2 Å². The number of nitrogens with one attached hydrogen (secondary N) is 1. The molecule has 0 saturated carbocycles. The Morgan fingerprint density at radius 2 is 1.90 bits per heavy atom. The van der Waals surface area contributed by atoms with Crippen LogP contribution in [0.3, 0.4) is 0 Å². The average Bonchev–Trinajstić information content (AvgIpc) is 2.68. The van der Waals surface area contributed by atoms with E-state index in [0.717, 1.165) is 28.3 Å². The first-order chi connectivity index (χ1) is 13.7. The van der Waals surface area contributed by atoms with Crippen molar-refractivity contribution in [2.75, 3.05) is 37.9 Å². The number of aryl methyl sites for hydroxylation is 1. The van der Waals surface area contributed by atoms with Crippen molar-refractivity contribution < 1.29 is 22.7 Å². The Bertz CT molecular complexity index is 950. The van der Waals surface area contributed by atoms with Crippen LogP contribution in [0.5, 0.6) is 11.5 Å². The summed E-state index contributed by atoms with van der Waals surface area (Å²) in [4.78, 5) is 12.3. The molecular formula is C20H25ClN2O5S. The second kappa shape index (κ2) is 10.4. The summed E-state index contributed by atoms with van der Waals surface area (Å²) >= 11 is 6.09. The van der Waals surface area contributed by atoms with Crippen LogP contribution in [-0.2, 0) is 21.2 Å². The molecule has 0 bridgehead atoms. The maximum absolute atomic E-state index is 12.3. The van der Waals surface area contributed by atoms with Gasteiger partial charge in [-0.15, -0.1) is 0 Å². The SMILES string of the molecule is COc1cccc(CCCNC(=O)CN(c2ccc(OC)c(Cl)c2)S(C)(=O)=O)c1. The number of amides is 1. The monoisotopic (exact) mass is 440 g/mol. The van der Waals surface area contributed by atoms with E-state index in [2.05, 4.69) is 5.32 Å².